The highest BCUT2D eigenvalue weighted by Gasteiger charge is 2.26. The van der Waals surface area contributed by atoms with Gasteiger partial charge in [-0.25, -0.2) is 0 Å². The summed E-state index contributed by atoms with van der Waals surface area (Å²) >= 11 is 5.97. The van der Waals surface area contributed by atoms with Gasteiger partial charge < -0.3 is 9.64 Å². The van der Waals surface area contributed by atoms with Crippen LogP contribution in [-0.4, -0.2) is 40.5 Å². The maximum absolute atomic E-state index is 11.0. The molecule has 7 heteroatoms. The van der Waals surface area contributed by atoms with Crippen LogP contribution in [0.5, 0.6) is 5.75 Å². The van der Waals surface area contributed by atoms with E-state index in [1.54, 1.807) is 12.1 Å². The van der Waals surface area contributed by atoms with Crippen LogP contribution in [0.3, 0.4) is 0 Å². The van der Waals surface area contributed by atoms with Crippen LogP contribution >= 0.6 is 11.6 Å². The normalized spacial score (nSPS) is 18.9. The Morgan fingerprint density at radius 2 is 2.26 bits per heavy atom. The third-order valence-electron chi connectivity index (χ3n) is 2.83. The van der Waals surface area contributed by atoms with Crippen LogP contribution in [0.25, 0.3) is 0 Å². The van der Waals surface area contributed by atoms with Gasteiger partial charge in [-0.05, 0) is 25.1 Å². The molecule has 0 spiro atoms. The number of nitrogens with zero attached hydrogens (tertiary/aromatic N) is 1. The smallest absolute Gasteiger partial charge is 0.264 e. The van der Waals surface area contributed by atoms with Gasteiger partial charge in [-0.2, -0.15) is 8.42 Å². The Hall–Kier alpha value is -0.980. The summed E-state index contributed by atoms with van der Waals surface area (Å²) in [4.78, 5) is 2.08. The number of halogens is 1. The standard InChI is InChI=1S/C12H16ClNO4S/c1-3-14-7-10(8-17-19(2,15)16)18-12-5-4-9(13)6-11(12)14/h4-6,10H,3,7-8H2,1-2H3. The summed E-state index contributed by atoms with van der Waals surface area (Å²) in [5.74, 6) is 0.694. The van der Waals surface area contributed by atoms with Gasteiger partial charge in [-0.1, -0.05) is 11.6 Å². The summed E-state index contributed by atoms with van der Waals surface area (Å²) < 4.78 is 32.5. The lowest BCUT2D eigenvalue weighted by Crippen LogP contribution is -2.42. The number of hydrogen-bond donors (Lipinski definition) is 0. The summed E-state index contributed by atoms with van der Waals surface area (Å²) in [5, 5.41) is 0.645. The van der Waals surface area contributed by atoms with Gasteiger partial charge in [-0.15, -0.1) is 0 Å². The number of ether oxygens (including phenoxy) is 1. The number of likely N-dealkylation sites (N-methyl/N-ethyl adjacent to an activating group) is 1. The number of fused-ring (bicyclic) bond motifs is 1. The van der Waals surface area contributed by atoms with Crippen LogP contribution in [-0.2, 0) is 14.3 Å². The first-order chi connectivity index (χ1) is 8.89. The quantitative estimate of drug-likeness (QED) is 0.795. The van der Waals surface area contributed by atoms with Gasteiger partial charge in [0.1, 0.15) is 18.5 Å². The largest absolute Gasteiger partial charge is 0.484 e. The fourth-order valence-electron chi connectivity index (χ4n) is 1.98. The summed E-state index contributed by atoms with van der Waals surface area (Å²) in [6.45, 7) is 3.38. The Morgan fingerprint density at radius 1 is 1.53 bits per heavy atom. The molecule has 0 aliphatic carbocycles. The second-order valence-corrected chi connectivity index (χ2v) is 6.46. The molecule has 0 amide bonds. The van der Waals surface area contributed by atoms with Crippen LogP contribution in [0.1, 0.15) is 6.92 Å². The van der Waals surface area contributed by atoms with Crippen LogP contribution in [0, 0.1) is 0 Å². The van der Waals surface area contributed by atoms with Crippen molar-refractivity contribution in [2.24, 2.45) is 0 Å². The average Bonchev–Trinajstić information content (AvgIpc) is 2.34. The van der Waals surface area contributed by atoms with E-state index in [0.29, 0.717) is 17.3 Å². The van der Waals surface area contributed by atoms with Crippen molar-refractivity contribution in [1.82, 2.24) is 0 Å². The zero-order valence-electron chi connectivity index (χ0n) is 10.8. The van der Waals surface area contributed by atoms with Crippen molar-refractivity contribution < 1.29 is 17.3 Å². The van der Waals surface area contributed by atoms with E-state index in [4.69, 9.17) is 20.5 Å². The predicted molar refractivity (Wildman–Crippen MR) is 74.6 cm³/mol. The molecule has 1 aliphatic heterocycles. The van der Waals surface area contributed by atoms with Crippen molar-refractivity contribution in [3.05, 3.63) is 23.2 Å². The highest BCUT2D eigenvalue weighted by Crippen LogP contribution is 2.35. The Kier molecular flexibility index (Phi) is 4.23. The molecule has 0 saturated carbocycles. The van der Waals surface area contributed by atoms with Gasteiger partial charge in [0, 0.05) is 11.6 Å². The first-order valence-electron chi connectivity index (χ1n) is 5.94. The molecule has 1 heterocycles. The van der Waals surface area contributed by atoms with E-state index in [0.717, 1.165) is 18.5 Å². The maximum atomic E-state index is 11.0. The molecule has 1 aromatic rings. The molecule has 1 unspecified atom stereocenters. The van der Waals surface area contributed by atoms with Crippen molar-refractivity contribution in [3.8, 4) is 5.75 Å². The van der Waals surface area contributed by atoms with Gasteiger partial charge in [0.05, 0.1) is 18.5 Å². The summed E-state index contributed by atoms with van der Waals surface area (Å²) in [6, 6.07) is 5.37. The predicted octanol–water partition coefficient (Wildman–Crippen LogP) is 1.90. The van der Waals surface area contributed by atoms with E-state index in [-0.39, 0.29) is 12.7 Å². The number of anilines is 1. The lowest BCUT2D eigenvalue weighted by Gasteiger charge is -2.35. The third kappa shape index (κ3) is 3.75. The Balaban J connectivity index is 2.15. The lowest BCUT2D eigenvalue weighted by molar-refractivity contribution is 0.128. The van der Waals surface area contributed by atoms with Crippen LogP contribution < -0.4 is 9.64 Å². The van der Waals surface area contributed by atoms with Gasteiger partial charge >= 0.3 is 0 Å². The molecule has 5 nitrogen and oxygen atoms in total. The molecule has 0 fully saturated rings. The summed E-state index contributed by atoms with van der Waals surface area (Å²) in [7, 11) is -3.45. The minimum atomic E-state index is -3.45. The Labute approximate surface area is 118 Å². The molecule has 0 saturated heterocycles. The fourth-order valence-corrected chi connectivity index (χ4v) is 2.55. The molecule has 0 aromatic heterocycles. The topological polar surface area (TPSA) is 55.8 Å². The SMILES string of the molecule is CCN1CC(COS(C)(=O)=O)Oc2ccc(Cl)cc21. The van der Waals surface area contributed by atoms with E-state index < -0.39 is 10.1 Å². The first-order valence-corrected chi connectivity index (χ1v) is 8.14. The second kappa shape index (κ2) is 5.56. The van der Waals surface area contributed by atoms with Crippen LogP contribution in [0.15, 0.2) is 18.2 Å². The highest BCUT2D eigenvalue weighted by molar-refractivity contribution is 7.85. The monoisotopic (exact) mass is 305 g/mol. The molecular weight excluding hydrogens is 290 g/mol. The van der Waals surface area contributed by atoms with E-state index in [1.807, 2.05) is 13.0 Å². The molecule has 1 aromatic carbocycles. The third-order valence-corrected chi connectivity index (χ3v) is 3.63. The molecular formula is C12H16ClNO4S. The molecule has 106 valence electrons. The average molecular weight is 306 g/mol. The zero-order valence-corrected chi connectivity index (χ0v) is 12.4. The fraction of sp³-hybridized carbons (Fsp3) is 0.500. The minimum absolute atomic E-state index is 0.0113. The molecule has 0 radical (unpaired) electrons. The number of benzene rings is 1. The summed E-state index contributed by atoms with van der Waals surface area (Å²) in [5.41, 5.74) is 0.922. The van der Waals surface area contributed by atoms with E-state index in [1.165, 1.54) is 0 Å². The van der Waals surface area contributed by atoms with Gasteiger partial charge in [0.15, 0.2) is 0 Å². The van der Waals surface area contributed by atoms with Crippen molar-refractivity contribution in [3.63, 3.8) is 0 Å². The summed E-state index contributed by atoms with van der Waals surface area (Å²) in [6.07, 6.45) is 0.713. The molecule has 0 bridgehead atoms. The Morgan fingerprint density at radius 3 is 2.89 bits per heavy atom. The van der Waals surface area contributed by atoms with E-state index in [2.05, 4.69) is 4.90 Å². The van der Waals surface area contributed by atoms with Gasteiger partial charge in [0.25, 0.3) is 10.1 Å². The van der Waals surface area contributed by atoms with Crippen molar-refractivity contribution >= 4 is 27.4 Å². The van der Waals surface area contributed by atoms with Crippen LogP contribution in [0.2, 0.25) is 5.02 Å². The Bertz CT molecular complexity index is 561. The van der Waals surface area contributed by atoms with E-state index in [9.17, 15) is 8.42 Å². The van der Waals surface area contributed by atoms with Crippen molar-refractivity contribution in [2.45, 2.75) is 13.0 Å². The molecule has 1 aliphatic rings. The molecule has 2 rings (SSSR count). The second-order valence-electron chi connectivity index (χ2n) is 4.38. The van der Waals surface area contributed by atoms with Gasteiger partial charge in [0.2, 0.25) is 0 Å². The maximum Gasteiger partial charge on any atom is 0.264 e. The van der Waals surface area contributed by atoms with E-state index >= 15 is 0 Å². The van der Waals surface area contributed by atoms with Crippen molar-refractivity contribution in [2.75, 3.05) is 30.9 Å². The number of hydrogen-bond acceptors (Lipinski definition) is 5. The first kappa shape index (κ1) is 14.4. The van der Waals surface area contributed by atoms with Crippen molar-refractivity contribution in [1.29, 1.82) is 0 Å². The lowest BCUT2D eigenvalue weighted by atomic mass is 10.2. The highest BCUT2D eigenvalue weighted by atomic mass is 35.5. The number of rotatable bonds is 4. The van der Waals surface area contributed by atoms with Gasteiger partial charge in [-0.3, -0.25) is 4.18 Å². The molecule has 19 heavy (non-hydrogen) atoms. The minimum Gasteiger partial charge on any atom is -0.484 e. The van der Waals surface area contributed by atoms with Crippen LogP contribution in [0.4, 0.5) is 5.69 Å². The molecule has 1 atom stereocenters. The molecule has 0 N–H and O–H groups in total. The zero-order chi connectivity index (χ0) is 14.0.